The van der Waals surface area contributed by atoms with Crippen molar-refractivity contribution < 1.29 is 0 Å². The molecule has 0 saturated carbocycles. The maximum atomic E-state index is 2.60. The van der Waals surface area contributed by atoms with E-state index in [1.165, 1.54) is 93.6 Å². The van der Waals surface area contributed by atoms with E-state index in [-0.39, 0.29) is 11.8 Å². The highest BCUT2D eigenvalue weighted by molar-refractivity contribution is 6.17. The van der Waals surface area contributed by atoms with Gasteiger partial charge in [-0.15, -0.1) is 0 Å². The summed E-state index contributed by atoms with van der Waals surface area (Å²) in [6, 6.07) is 43.4. The maximum Gasteiger partial charge on any atom is 0.0144 e. The van der Waals surface area contributed by atoms with Gasteiger partial charge >= 0.3 is 0 Å². The van der Waals surface area contributed by atoms with Crippen molar-refractivity contribution in [3.05, 3.63) is 160 Å². The Morgan fingerprint density at radius 2 is 1.29 bits per heavy atom. The van der Waals surface area contributed by atoms with E-state index in [1.807, 2.05) is 0 Å². The van der Waals surface area contributed by atoms with Gasteiger partial charge in [-0.2, -0.15) is 0 Å². The molecule has 0 N–H and O–H groups in total. The van der Waals surface area contributed by atoms with E-state index < -0.39 is 0 Å². The number of hydrogen-bond acceptors (Lipinski definition) is 0. The van der Waals surface area contributed by atoms with Crippen LogP contribution in [0.2, 0.25) is 0 Å². The van der Waals surface area contributed by atoms with E-state index in [9.17, 15) is 0 Å². The molecule has 4 aliphatic carbocycles. The van der Waals surface area contributed by atoms with Crippen LogP contribution in [0.25, 0.3) is 61.4 Å². The topological polar surface area (TPSA) is 0 Å². The lowest BCUT2D eigenvalue weighted by atomic mass is 9.68. The van der Waals surface area contributed by atoms with E-state index in [0.29, 0.717) is 0 Å². The molecule has 6 aromatic carbocycles. The first-order chi connectivity index (χ1) is 20.3. The van der Waals surface area contributed by atoms with Gasteiger partial charge in [0.2, 0.25) is 0 Å². The Hall–Kier alpha value is -4.94. The Kier molecular flexibility index (Phi) is 4.06. The molecule has 0 radical (unpaired) electrons. The Morgan fingerprint density at radius 3 is 2.20 bits per heavy atom. The standard InChI is InChI=1S/C41H26/c1-23-17-18-25-11-7-16-30-33-21-35-32-19-26-12-8-15-28-27-13-5-6-14-29(27)41(40(26)28)37(32)20-31(24-9-3-2-4-10-24)34(35)22-36(33)38(23)39(25)30/h2-22,32,37H,1H3. The van der Waals surface area contributed by atoms with Gasteiger partial charge in [0, 0.05) is 11.8 Å². The van der Waals surface area contributed by atoms with Crippen molar-refractivity contribution >= 4 is 28.0 Å². The monoisotopic (exact) mass is 518 g/mol. The minimum Gasteiger partial charge on any atom is -0.0681 e. The molecule has 0 aromatic heterocycles. The first-order valence-electron chi connectivity index (χ1n) is 14.7. The summed E-state index contributed by atoms with van der Waals surface area (Å²) in [4.78, 5) is 0. The van der Waals surface area contributed by atoms with Gasteiger partial charge in [0.1, 0.15) is 0 Å². The summed E-state index contributed by atoms with van der Waals surface area (Å²) in [6.07, 6.45) is 5.16. The minimum absolute atomic E-state index is 0.286. The molecule has 0 spiro atoms. The third-order valence-corrected chi connectivity index (χ3v) is 10.0. The van der Waals surface area contributed by atoms with Crippen molar-refractivity contribution in [3.63, 3.8) is 0 Å². The lowest BCUT2D eigenvalue weighted by Gasteiger charge is -2.35. The fourth-order valence-corrected chi connectivity index (χ4v) is 8.36. The summed E-state index contributed by atoms with van der Waals surface area (Å²) in [5.41, 5.74) is 18.0. The molecular weight excluding hydrogens is 492 g/mol. The molecule has 6 aromatic rings. The lowest BCUT2D eigenvalue weighted by molar-refractivity contribution is 0.733. The summed E-state index contributed by atoms with van der Waals surface area (Å²) in [6.45, 7) is 2.27. The molecule has 2 unspecified atom stereocenters. The van der Waals surface area contributed by atoms with E-state index in [0.717, 1.165) is 0 Å². The molecule has 2 atom stereocenters. The van der Waals surface area contributed by atoms with Crippen molar-refractivity contribution in [2.24, 2.45) is 5.92 Å². The molecule has 0 amide bonds. The van der Waals surface area contributed by atoms with Crippen molar-refractivity contribution in [1.82, 2.24) is 0 Å². The SMILES string of the molecule is Cc1ccc2cccc3c2c1-c1cc2c(cc1-3)C1C=c3cccc4c3=C(c3ccccc3-4)C1C=C2c1ccccc1. The van der Waals surface area contributed by atoms with E-state index >= 15 is 0 Å². The molecule has 0 heterocycles. The molecule has 4 aliphatic rings. The van der Waals surface area contributed by atoms with Gasteiger partial charge in [0.25, 0.3) is 0 Å². The third kappa shape index (κ3) is 2.70. The van der Waals surface area contributed by atoms with Crippen molar-refractivity contribution in [1.29, 1.82) is 0 Å². The van der Waals surface area contributed by atoms with E-state index in [1.54, 1.807) is 0 Å². The van der Waals surface area contributed by atoms with E-state index in [4.69, 9.17) is 0 Å². The molecule has 0 saturated heterocycles. The van der Waals surface area contributed by atoms with Crippen molar-refractivity contribution in [2.75, 3.05) is 0 Å². The van der Waals surface area contributed by atoms with Crippen LogP contribution in [0.15, 0.2) is 121 Å². The number of aryl methyl sites for hydroxylation is 1. The fourth-order valence-electron chi connectivity index (χ4n) is 8.36. The van der Waals surface area contributed by atoms with Crippen LogP contribution in [-0.4, -0.2) is 0 Å². The van der Waals surface area contributed by atoms with Crippen LogP contribution >= 0.6 is 0 Å². The molecule has 0 heteroatoms. The Labute approximate surface area is 239 Å². The zero-order valence-corrected chi connectivity index (χ0v) is 22.8. The number of fused-ring (bicyclic) bond motifs is 10. The number of benzene rings is 6. The second-order valence-corrected chi connectivity index (χ2v) is 12.0. The van der Waals surface area contributed by atoms with Gasteiger partial charge in [-0.25, -0.2) is 0 Å². The quantitative estimate of drug-likeness (QED) is 0.204. The Bertz CT molecular complexity index is 2310. The van der Waals surface area contributed by atoms with Crippen LogP contribution in [-0.2, 0) is 0 Å². The molecular formula is C41H26. The smallest absolute Gasteiger partial charge is 0.0144 e. The predicted molar refractivity (Wildman–Crippen MR) is 171 cm³/mol. The number of rotatable bonds is 1. The Balaban J connectivity index is 1.32. The zero-order chi connectivity index (χ0) is 26.8. The van der Waals surface area contributed by atoms with Crippen LogP contribution in [0.5, 0.6) is 0 Å². The normalized spacial score (nSPS) is 18.2. The minimum atomic E-state index is 0.286. The lowest BCUT2D eigenvalue weighted by Crippen LogP contribution is -2.36. The molecule has 0 bridgehead atoms. The molecule has 41 heavy (non-hydrogen) atoms. The summed E-state index contributed by atoms with van der Waals surface area (Å²) in [7, 11) is 0. The molecule has 0 nitrogen and oxygen atoms in total. The second kappa shape index (κ2) is 7.62. The number of allylic oxidation sites excluding steroid dienone is 1. The molecule has 0 fully saturated rings. The van der Waals surface area contributed by atoms with Gasteiger partial charge in [0.15, 0.2) is 0 Å². The third-order valence-electron chi connectivity index (χ3n) is 10.0. The van der Waals surface area contributed by atoms with Crippen LogP contribution in [0, 0.1) is 12.8 Å². The van der Waals surface area contributed by atoms with Gasteiger partial charge in [0.05, 0.1) is 0 Å². The first kappa shape index (κ1) is 21.8. The summed E-state index contributed by atoms with van der Waals surface area (Å²) < 4.78 is 0. The molecule has 0 aliphatic heterocycles. The number of hydrogen-bond donors (Lipinski definition) is 0. The largest absolute Gasteiger partial charge is 0.0681 e. The first-order valence-corrected chi connectivity index (χ1v) is 14.7. The van der Waals surface area contributed by atoms with Gasteiger partial charge in [-0.1, -0.05) is 115 Å². The highest BCUT2D eigenvalue weighted by atomic mass is 14.4. The van der Waals surface area contributed by atoms with Gasteiger partial charge < -0.3 is 0 Å². The van der Waals surface area contributed by atoms with Gasteiger partial charge in [-0.05, 0) is 113 Å². The van der Waals surface area contributed by atoms with Crippen LogP contribution in [0.3, 0.4) is 0 Å². The van der Waals surface area contributed by atoms with Crippen molar-refractivity contribution in [3.8, 4) is 33.4 Å². The van der Waals surface area contributed by atoms with Crippen LogP contribution < -0.4 is 10.4 Å². The highest BCUT2D eigenvalue weighted by Gasteiger charge is 2.38. The maximum absolute atomic E-state index is 2.60. The summed E-state index contributed by atoms with van der Waals surface area (Å²) in [5.74, 6) is 0.574. The van der Waals surface area contributed by atoms with Crippen LogP contribution in [0.4, 0.5) is 0 Å². The average Bonchev–Trinajstić information content (AvgIpc) is 3.54. The zero-order valence-electron chi connectivity index (χ0n) is 22.8. The summed E-state index contributed by atoms with van der Waals surface area (Å²) in [5, 5.41) is 5.56. The predicted octanol–water partition coefficient (Wildman–Crippen LogP) is 8.61. The van der Waals surface area contributed by atoms with E-state index in [2.05, 4.69) is 134 Å². The van der Waals surface area contributed by atoms with Crippen LogP contribution in [0.1, 0.15) is 33.7 Å². The summed E-state index contributed by atoms with van der Waals surface area (Å²) >= 11 is 0. The highest BCUT2D eigenvalue weighted by Crippen LogP contribution is 2.55. The second-order valence-electron chi connectivity index (χ2n) is 12.0. The average molecular weight is 519 g/mol. The Morgan fingerprint density at radius 1 is 0.512 bits per heavy atom. The van der Waals surface area contributed by atoms with Crippen molar-refractivity contribution in [2.45, 2.75) is 12.8 Å². The molecule has 10 rings (SSSR count). The van der Waals surface area contributed by atoms with Gasteiger partial charge in [-0.3, -0.25) is 0 Å². The fraction of sp³-hybridized carbons (Fsp3) is 0.0732. The molecule has 190 valence electrons.